The summed E-state index contributed by atoms with van der Waals surface area (Å²) in [6.07, 6.45) is 0. The zero-order chi connectivity index (χ0) is 21.3. The number of phenols is 1. The Morgan fingerprint density at radius 3 is 2.03 bits per heavy atom. The molecule has 0 aromatic heterocycles. The Balaban J connectivity index is 1.64. The van der Waals surface area contributed by atoms with Gasteiger partial charge in [0.1, 0.15) is 22.6 Å². The van der Waals surface area contributed by atoms with E-state index < -0.39 is 22.1 Å². The third kappa shape index (κ3) is 4.07. The lowest BCUT2D eigenvalue weighted by atomic mass is 9.96. The van der Waals surface area contributed by atoms with Crippen LogP contribution in [0.2, 0.25) is 0 Å². The van der Waals surface area contributed by atoms with Gasteiger partial charge in [0.15, 0.2) is 5.78 Å². The molecule has 1 amide bonds. The molecule has 3 aromatic carbocycles. The molecule has 0 saturated carbocycles. The molecule has 3 atom stereocenters. The van der Waals surface area contributed by atoms with Gasteiger partial charge in [-0.15, -0.1) is 11.8 Å². The van der Waals surface area contributed by atoms with Crippen molar-refractivity contribution in [3.63, 3.8) is 0 Å². The number of halogens is 2. The molecule has 1 saturated heterocycles. The van der Waals surface area contributed by atoms with Gasteiger partial charge in [-0.25, -0.2) is 8.78 Å². The van der Waals surface area contributed by atoms with E-state index in [1.54, 1.807) is 12.1 Å². The second kappa shape index (κ2) is 8.28. The predicted octanol–water partition coefficient (Wildman–Crippen LogP) is 4.57. The number of rotatable bonds is 6. The number of amides is 1. The Bertz CT molecular complexity index is 1070. The molecule has 0 aliphatic carbocycles. The number of carbonyl (C=O) groups is 2. The molecular weight excluding hydrogens is 408 g/mol. The minimum Gasteiger partial charge on any atom is -0.508 e. The number of aromatic hydroxyl groups is 1. The number of nitrogens with one attached hydrogen (secondary N) is 1. The van der Waals surface area contributed by atoms with Gasteiger partial charge in [-0.3, -0.25) is 9.59 Å². The first kappa shape index (κ1) is 20.1. The summed E-state index contributed by atoms with van der Waals surface area (Å²) in [5.74, 6) is -1.28. The topological polar surface area (TPSA) is 66.4 Å². The van der Waals surface area contributed by atoms with Gasteiger partial charge in [-0.1, -0.05) is 24.3 Å². The highest BCUT2D eigenvalue weighted by molar-refractivity contribution is 8.01. The van der Waals surface area contributed by atoms with Crippen LogP contribution in [0.1, 0.15) is 32.8 Å². The molecule has 0 spiro atoms. The normalized spacial score (nSPS) is 18.9. The summed E-state index contributed by atoms with van der Waals surface area (Å²) >= 11 is 1.17. The highest BCUT2D eigenvalue weighted by Gasteiger charge is 2.43. The van der Waals surface area contributed by atoms with Gasteiger partial charge < -0.3 is 10.4 Å². The lowest BCUT2D eigenvalue weighted by Crippen LogP contribution is -2.54. The minimum absolute atomic E-state index is 0.115. The number of carbonyl (C=O) groups excluding carboxylic acids is 2. The van der Waals surface area contributed by atoms with E-state index in [9.17, 15) is 23.5 Å². The van der Waals surface area contributed by atoms with E-state index in [1.807, 2.05) is 0 Å². The second-order valence-electron chi connectivity index (χ2n) is 6.94. The zero-order valence-corrected chi connectivity index (χ0v) is 16.4. The van der Waals surface area contributed by atoms with E-state index in [4.69, 9.17) is 0 Å². The van der Waals surface area contributed by atoms with Crippen molar-refractivity contribution in [2.24, 2.45) is 0 Å². The Morgan fingerprint density at radius 1 is 0.900 bits per heavy atom. The number of hydrogen-bond donors (Lipinski definition) is 2. The third-order valence-electron chi connectivity index (χ3n) is 4.93. The molecule has 1 heterocycles. The Morgan fingerprint density at radius 2 is 1.47 bits per heavy atom. The van der Waals surface area contributed by atoms with E-state index >= 15 is 0 Å². The molecule has 4 rings (SSSR count). The molecule has 1 fully saturated rings. The van der Waals surface area contributed by atoms with Crippen molar-refractivity contribution in [2.45, 2.75) is 16.5 Å². The fourth-order valence-electron chi connectivity index (χ4n) is 3.29. The van der Waals surface area contributed by atoms with Crippen molar-refractivity contribution in [1.82, 2.24) is 5.32 Å². The number of β-lactam (4-membered cyclic amide) rings is 1. The first-order valence-electron chi connectivity index (χ1n) is 9.22. The fraction of sp³-hybridized carbons (Fsp3) is 0.130. The number of phenolic OH excluding ortho intramolecular Hbond substituents is 1. The average molecular weight is 425 g/mol. The van der Waals surface area contributed by atoms with Gasteiger partial charge >= 0.3 is 0 Å². The van der Waals surface area contributed by atoms with E-state index in [0.717, 1.165) is 5.56 Å². The van der Waals surface area contributed by atoms with Gasteiger partial charge in [0.25, 0.3) is 0 Å². The van der Waals surface area contributed by atoms with Crippen LogP contribution in [0.5, 0.6) is 5.75 Å². The van der Waals surface area contributed by atoms with Gasteiger partial charge in [0.2, 0.25) is 5.91 Å². The maximum Gasteiger partial charge on any atom is 0.236 e. The Labute approximate surface area is 175 Å². The number of Topliss-reactive ketones (excluding diaryl/α,β-unsaturated/α-hetero) is 1. The summed E-state index contributed by atoms with van der Waals surface area (Å²) in [5.41, 5.74) is 1.66. The molecule has 0 radical (unpaired) electrons. The highest BCUT2D eigenvalue weighted by Crippen LogP contribution is 2.43. The summed E-state index contributed by atoms with van der Waals surface area (Å²) in [6.45, 7) is 0. The van der Waals surface area contributed by atoms with Crippen molar-refractivity contribution in [3.8, 4) is 5.75 Å². The van der Waals surface area contributed by atoms with Crippen LogP contribution >= 0.6 is 11.8 Å². The molecule has 152 valence electrons. The SMILES string of the molecule is O=C(c1ccc(F)cc1)C(SC1C(=O)NC1c1ccc(O)cc1)c1ccc(F)cc1. The first-order valence-corrected chi connectivity index (χ1v) is 10.2. The van der Waals surface area contributed by atoms with E-state index in [1.165, 1.54) is 72.4 Å². The van der Waals surface area contributed by atoms with E-state index in [2.05, 4.69) is 5.32 Å². The van der Waals surface area contributed by atoms with Crippen LogP contribution in [-0.4, -0.2) is 22.0 Å². The summed E-state index contributed by atoms with van der Waals surface area (Å²) in [4.78, 5) is 25.5. The summed E-state index contributed by atoms with van der Waals surface area (Å²) in [7, 11) is 0. The Kier molecular flexibility index (Phi) is 5.55. The molecule has 30 heavy (non-hydrogen) atoms. The van der Waals surface area contributed by atoms with Crippen LogP contribution in [-0.2, 0) is 4.79 Å². The summed E-state index contributed by atoms with van der Waals surface area (Å²) in [6, 6.07) is 16.9. The molecule has 1 aliphatic heterocycles. The van der Waals surface area contributed by atoms with Crippen molar-refractivity contribution in [2.75, 3.05) is 0 Å². The predicted molar refractivity (Wildman–Crippen MR) is 110 cm³/mol. The van der Waals surface area contributed by atoms with Crippen molar-refractivity contribution < 1.29 is 23.5 Å². The van der Waals surface area contributed by atoms with Gasteiger partial charge in [0, 0.05) is 5.56 Å². The van der Waals surface area contributed by atoms with Gasteiger partial charge in [0.05, 0.1) is 11.3 Å². The van der Waals surface area contributed by atoms with E-state index in [0.29, 0.717) is 11.1 Å². The fourth-order valence-corrected chi connectivity index (χ4v) is 4.73. The van der Waals surface area contributed by atoms with Crippen LogP contribution in [0.4, 0.5) is 8.78 Å². The highest BCUT2D eigenvalue weighted by atomic mass is 32.2. The standard InChI is InChI=1S/C23H17F2NO3S/c24-16-7-1-14(2-8-16)20(28)21(15-3-9-17(25)10-4-15)30-22-19(26-23(22)29)13-5-11-18(27)12-6-13/h1-12,19,21-22,27H,(H,26,29). The van der Waals surface area contributed by atoms with E-state index in [-0.39, 0.29) is 23.5 Å². The largest absolute Gasteiger partial charge is 0.508 e. The number of ketones is 1. The minimum atomic E-state index is -0.772. The lowest BCUT2D eigenvalue weighted by Gasteiger charge is -2.38. The number of benzene rings is 3. The molecule has 3 unspecified atom stereocenters. The van der Waals surface area contributed by atoms with Crippen LogP contribution in [0.25, 0.3) is 0 Å². The molecule has 1 aliphatic rings. The molecule has 7 heteroatoms. The summed E-state index contributed by atoms with van der Waals surface area (Å²) in [5, 5.41) is 11.0. The number of thioether (sulfide) groups is 1. The second-order valence-corrected chi connectivity index (χ2v) is 8.19. The van der Waals surface area contributed by atoms with Crippen LogP contribution < -0.4 is 5.32 Å². The Hall–Kier alpha value is -3.19. The maximum atomic E-state index is 13.4. The third-order valence-corrected chi connectivity index (χ3v) is 6.47. The number of hydrogen-bond acceptors (Lipinski definition) is 4. The monoisotopic (exact) mass is 425 g/mol. The zero-order valence-electron chi connectivity index (χ0n) is 15.6. The van der Waals surface area contributed by atoms with Gasteiger partial charge in [-0.2, -0.15) is 0 Å². The molecule has 0 bridgehead atoms. The van der Waals surface area contributed by atoms with Crippen molar-refractivity contribution in [1.29, 1.82) is 0 Å². The molecule has 2 N–H and O–H groups in total. The van der Waals surface area contributed by atoms with Crippen molar-refractivity contribution >= 4 is 23.5 Å². The van der Waals surface area contributed by atoms with Crippen LogP contribution in [0.3, 0.4) is 0 Å². The molecular formula is C23H17F2NO3S. The average Bonchev–Trinajstić information content (AvgIpc) is 2.74. The first-order chi connectivity index (χ1) is 14.4. The van der Waals surface area contributed by atoms with Gasteiger partial charge in [-0.05, 0) is 59.7 Å². The molecule has 4 nitrogen and oxygen atoms in total. The lowest BCUT2D eigenvalue weighted by molar-refractivity contribution is -0.127. The smallest absolute Gasteiger partial charge is 0.236 e. The van der Waals surface area contributed by atoms with Crippen LogP contribution in [0, 0.1) is 11.6 Å². The quantitative estimate of drug-likeness (QED) is 0.449. The maximum absolute atomic E-state index is 13.4. The van der Waals surface area contributed by atoms with Crippen LogP contribution in [0.15, 0.2) is 72.8 Å². The van der Waals surface area contributed by atoms with Crippen molar-refractivity contribution in [3.05, 3.63) is 101 Å². The molecule has 3 aromatic rings. The summed E-state index contributed by atoms with van der Waals surface area (Å²) < 4.78 is 26.7.